The Morgan fingerprint density at radius 2 is 2.36 bits per heavy atom. The van der Waals surface area contributed by atoms with Gasteiger partial charge in [-0.1, -0.05) is 0 Å². The maximum atomic E-state index is 10.4. The van der Waals surface area contributed by atoms with Crippen LogP contribution in [0.3, 0.4) is 0 Å². The van der Waals surface area contributed by atoms with Crippen molar-refractivity contribution >= 4 is 6.29 Å². The summed E-state index contributed by atoms with van der Waals surface area (Å²) in [7, 11) is 3.38. The lowest BCUT2D eigenvalue weighted by Gasteiger charge is -1.97. The number of aryl methyl sites for hydroxylation is 1. The van der Waals surface area contributed by atoms with E-state index in [-0.39, 0.29) is 0 Å². The van der Waals surface area contributed by atoms with Crippen molar-refractivity contribution < 1.29 is 14.1 Å². The average molecular weight is 152 g/mol. The molecule has 0 unspecified atom stereocenters. The summed E-state index contributed by atoms with van der Waals surface area (Å²) < 4.78 is 6.67. The Hall–Kier alpha value is -1.38. The third-order valence-corrected chi connectivity index (χ3v) is 1.52. The van der Waals surface area contributed by atoms with E-state index in [1.54, 1.807) is 30.0 Å². The highest BCUT2D eigenvalue weighted by molar-refractivity contribution is 5.70. The van der Waals surface area contributed by atoms with Gasteiger partial charge in [0.1, 0.15) is 12.8 Å². The predicted octanol–water partition coefficient (Wildman–Crippen LogP) is 0.332. The molecule has 0 bridgehead atoms. The first-order valence-electron chi connectivity index (χ1n) is 3.27. The molecule has 0 spiro atoms. The van der Waals surface area contributed by atoms with Crippen molar-refractivity contribution in [1.29, 1.82) is 0 Å². The number of nitrogens with zero attached hydrogens (tertiary/aromatic N) is 1. The number of hydrogen-bond acceptors (Lipinski definition) is 2. The fraction of sp³-hybridized carbons (Fsp3) is 0.250. The number of pyridine rings is 1. The van der Waals surface area contributed by atoms with Crippen molar-refractivity contribution in [2.75, 3.05) is 7.11 Å². The standard InChI is InChI=1S/C8H10NO2/c1-9-4-3-8(11-2)5-7(9)6-10/h3-6H,1-2H3/q+1. The van der Waals surface area contributed by atoms with Gasteiger partial charge in [-0.3, -0.25) is 4.79 Å². The van der Waals surface area contributed by atoms with Crippen LogP contribution in [-0.4, -0.2) is 13.4 Å². The quantitative estimate of drug-likeness (QED) is 0.451. The van der Waals surface area contributed by atoms with Crippen LogP contribution in [0.25, 0.3) is 0 Å². The first-order chi connectivity index (χ1) is 5.27. The van der Waals surface area contributed by atoms with Crippen molar-refractivity contribution in [2.45, 2.75) is 0 Å². The summed E-state index contributed by atoms with van der Waals surface area (Å²) in [6, 6.07) is 3.49. The van der Waals surface area contributed by atoms with Crippen LogP contribution in [0.1, 0.15) is 10.5 Å². The largest absolute Gasteiger partial charge is 0.496 e. The van der Waals surface area contributed by atoms with Gasteiger partial charge in [-0.05, 0) is 0 Å². The summed E-state index contributed by atoms with van der Waals surface area (Å²) in [6.07, 6.45) is 2.57. The van der Waals surface area contributed by atoms with E-state index in [1.807, 2.05) is 7.05 Å². The third kappa shape index (κ3) is 1.55. The molecule has 11 heavy (non-hydrogen) atoms. The van der Waals surface area contributed by atoms with Crippen LogP contribution >= 0.6 is 0 Å². The maximum absolute atomic E-state index is 10.4. The van der Waals surface area contributed by atoms with Gasteiger partial charge >= 0.3 is 0 Å². The maximum Gasteiger partial charge on any atom is 0.248 e. The SMILES string of the molecule is COc1cc[n+](C)c(C=O)c1. The molecule has 58 valence electrons. The van der Waals surface area contributed by atoms with E-state index in [4.69, 9.17) is 4.74 Å². The second kappa shape index (κ2) is 3.14. The van der Waals surface area contributed by atoms with E-state index in [9.17, 15) is 4.79 Å². The number of aromatic nitrogens is 1. The van der Waals surface area contributed by atoms with Crippen LogP contribution in [0.4, 0.5) is 0 Å². The van der Waals surface area contributed by atoms with Gasteiger partial charge in [0.25, 0.3) is 0 Å². The molecule has 0 amide bonds. The summed E-state index contributed by atoms with van der Waals surface area (Å²) in [5, 5.41) is 0. The Bertz CT molecular complexity index is 271. The lowest BCUT2D eigenvalue weighted by atomic mass is 10.3. The van der Waals surface area contributed by atoms with E-state index in [2.05, 4.69) is 0 Å². The molecule has 1 rings (SSSR count). The molecule has 0 saturated heterocycles. The molecule has 0 aliphatic rings. The molecule has 0 aliphatic heterocycles. The van der Waals surface area contributed by atoms with Crippen LogP contribution in [0, 0.1) is 0 Å². The van der Waals surface area contributed by atoms with Gasteiger partial charge in [-0.2, -0.15) is 4.57 Å². The Morgan fingerprint density at radius 1 is 1.64 bits per heavy atom. The molecule has 0 aliphatic carbocycles. The lowest BCUT2D eigenvalue weighted by Crippen LogP contribution is -2.32. The summed E-state index contributed by atoms with van der Waals surface area (Å²) in [5.74, 6) is 0.699. The van der Waals surface area contributed by atoms with Crippen molar-refractivity contribution in [3.05, 3.63) is 24.0 Å². The fourth-order valence-electron chi connectivity index (χ4n) is 0.811. The van der Waals surface area contributed by atoms with Gasteiger partial charge in [0.2, 0.25) is 12.0 Å². The van der Waals surface area contributed by atoms with Gasteiger partial charge < -0.3 is 4.74 Å². The van der Waals surface area contributed by atoms with Crippen LogP contribution in [-0.2, 0) is 7.05 Å². The minimum absolute atomic E-state index is 0.601. The van der Waals surface area contributed by atoms with Gasteiger partial charge in [0, 0.05) is 6.07 Å². The normalized spacial score (nSPS) is 9.27. The van der Waals surface area contributed by atoms with Gasteiger partial charge in [-0.15, -0.1) is 0 Å². The molecule has 0 N–H and O–H groups in total. The van der Waals surface area contributed by atoms with E-state index in [0.29, 0.717) is 11.4 Å². The van der Waals surface area contributed by atoms with Crippen LogP contribution in [0.2, 0.25) is 0 Å². The minimum atomic E-state index is 0.601. The van der Waals surface area contributed by atoms with Gasteiger partial charge in [0.05, 0.1) is 13.2 Å². The number of ether oxygens (including phenoxy) is 1. The number of hydrogen-bond donors (Lipinski definition) is 0. The molecule has 1 heterocycles. The van der Waals surface area contributed by atoms with E-state index in [1.165, 1.54) is 0 Å². The molecular weight excluding hydrogens is 142 g/mol. The van der Waals surface area contributed by atoms with Gasteiger partial charge in [-0.25, -0.2) is 0 Å². The molecule has 0 radical (unpaired) electrons. The van der Waals surface area contributed by atoms with Crippen molar-refractivity contribution in [2.24, 2.45) is 7.05 Å². The smallest absolute Gasteiger partial charge is 0.248 e. The molecule has 0 fully saturated rings. The Balaban J connectivity index is 3.12. The molecule has 3 heteroatoms. The molecular formula is C8H10NO2+. The number of methoxy groups -OCH3 is 1. The third-order valence-electron chi connectivity index (χ3n) is 1.52. The number of rotatable bonds is 2. The summed E-state index contributed by atoms with van der Waals surface area (Å²) >= 11 is 0. The number of carbonyl (C=O) groups excluding carboxylic acids is 1. The van der Waals surface area contributed by atoms with Crippen LogP contribution < -0.4 is 9.30 Å². The van der Waals surface area contributed by atoms with E-state index < -0.39 is 0 Å². The molecule has 1 aromatic heterocycles. The van der Waals surface area contributed by atoms with Crippen molar-refractivity contribution in [3.63, 3.8) is 0 Å². The average Bonchev–Trinajstić information content (AvgIpc) is 2.05. The van der Waals surface area contributed by atoms with Crippen molar-refractivity contribution in [1.82, 2.24) is 0 Å². The first-order valence-corrected chi connectivity index (χ1v) is 3.27. The number of aldehydes is 1. The highest BCUT2D eigenvalue weighted by atomic mass is 16.5. The zero-order chi connectivity index (χ0) is 8.27. The van der Waals surface area contributed by atoms with Crippen molar-refractivity contribution in [3.8, 4) is 5.75 Å². The fourth-order valence-corrected chi connectivity index (χ4v) is 0.811. The highest BCUT2D eigenvalue weighted by Crippen LogP contribution is 2.06. The van der Waals surface area contributed by atoms with Crippen LogP contribution in [0.15, 0.2) is 18.3 Å². The van der Waals surface area contributed by atoms with Gasteiger partial charge in [0.15, 0.2) is 6.20 Å². The zero-order valence-electron chi connectivity index (χ0n) is 6.57. The summed E-state index contributed by atoms with van der Waals surface area (Å²) in [4.78, 5) is 10.4. The number of carbonyl (C=O) groups is 1. The topological polar surface area (TPSA) is 30.2 Å². The van der Waals surface area contributed by atoms with E-state index >= 15 is 0 Å². The predicted molar refractivity (Wildman–Crippen MR) is 39.6 cm³/mol. The molecule has 0 aromatic carbocycles. The second-order valence-electron chi connectivity index (χ2n) is 2.22. The Morgan fingerprint density at radius 3 is 2.91 bits per heavy atom. The lowest BCUT2D eigenvalue weighted by molar-refractivity contribution is -0.672. The molecule has 0 atom stereocenters. The first kappa shape index (κ1) is 7.72. The molecule has 3 nitrogen and oxygen atoms in total. The second-order valence-corrected chi connectivity index (χ2v) is 2.22. The Kier molecular flexibility index (Phi) is 2.21. The zero-order valence-corrected chi connectivity index (χ0v) is 6.57. The van der Waals surface area contributed by atoms with Crippen LogP contribution in [0.5, 0.6) is 5.75 Å². The molecule has 1 aromatic rings. The monoisotopic (exact) mass is 152 g/mol. The minimum Gasteiger partial charge on any atom is -0.496 e. The Labute approximate surface area is 65.2 Å². The highest BCUT2D eigenvalue weighted by Gasteiger charge is 2.05. The van der Waals surface area contributed by atoms with E-state index in [0.717, 1.165) is 6.29 Å². The molecule has 0 saturated carbocycles. The summed E-state index contributed by atoms with van der Waals surface area (Å²) in [5.41, 5.74) is 0.601. The summed E-state index contributed by atoms with van der Waals surface area (Å²) in [6.45, 7) is 0.